The van der Waals surface area contributed by atoms with Crippen molar-refractivity contribution < 1.29 is 43.8 Å². The fraction of sp³-hybridized carbons (Fsp3) is 0.250. The molecular weight excluding hydrogens is 384 g/mol. The van der Waals surface area contributed by atoms with E-state index >= 15 is 0 Å². The van der Waals surface area contributed by atoms with Gasteiger partial charge in [-0.05, 0) is 23.8 Å². The summed E-state index contributed by atoms with van der Waals surface area (Å²) in [7, 11) is 2.73. The number of esters is 1. The van der Waals surface area contributed by atoms with Crippen LogP contribution in [0.2, 0.25) is 0 Å². The molecule has 0 bridgehead atoms. The summed E-state index contributed by atoms with van der Waals surface area (Å²) in [6.45, 7) is -0.276. The molecule has 2 aliphatic heterocycles. The van der Waals surface area contributed by atoms with Crippen molar-refractivity contribution in [3.63, 3.8) is 0 Å². The molecule has 4 rings (SSSR count). The first-order chi connectivity index (χ1) is 13.9. The molecule has 0 spiro atoms. The number of aliphatic hydroxyl groups is 1. The Morgan fingerprint density at radius 1 is 0.931 bits per heavy atom. The first kappa shape index (κ1) is 18.6. The van der Waals surface area contributed by atoms with E-state index in [1.54, 1.807) is 0 Å². The second-order valence-electron chi connectivity index (χ2n) is 6.41. The number of cyclic esters (lactones) is 1. The maximum absolute atomic E-state index is 12.4. The normalized spacial score (nSPS) is 16.0. The molecule has 3 N–H and O–H groups in total. The Hall–Kier alpha value is -3.75. The molecule has 1 atom stereocenters. The van der Waals surface area contributed by atoms with Crippen molar-refractivity contribution in [1.29, 1.82) is 0 Å². The smallest absolute Gasteiger partial charge is 0.338 e. The zero-order valence-electron chi connectivity index (χ0n) is 15.6. The predicted molar refractivity (Wildman–Crippen MR) is 97.9 cm³/mol. The van der Waals surface area contributed by atoms with E-state index in [4.69, 9.17) is 23.7 Å². The molecule has 2 aromatic rings. The lowest BCUT2D eigenvalue weighted by molar-refractivity contribution is -0.136. The zero-order chi connectivity index (χ0) is 20.7. The number of ether oxygens (including phenoxy) is 5. The van der Waals surface area contributed by atoms with Gasteiger partial charge in [-0.1, -0.05) is 0 Å². The van der Waals surface area contributed by atoms with Crippen LogP contribution in [0, 0.1) is 0 Å². The van der Waals surface area contributed by atoms with E-state index in [1.165, 1.54) is 38.5 Å². The first-order valence-corrected chi connectivity index (χ1v) is 8.61. The highest BCUT2D eigenvalue weighted by Gasteiger charge is 2.37. The van der Waals surface area contributed by atoms with Gasteiger partial charge in [0.15, 0.2) is 23.0 Å². The number of fused-ring (bicyclic) bond motifs is 1. The quantitative estimate of drug-likeness (QED) is 0.647. The number of methoxy groups -OCH3 is 2. The van der Waals surface area contributed by atoms with Gasteiger partial charge < -0.3 is 39.0 Å². The van der Waals surface area contributed by atoms with Crippen LogP contribution in [0.3, 0.4) is 0 Å². The van der Waals surface area contributed by atoms with Gasteiger partial charge in [-0.3, -0.25) is 0 Å². The van der Waals surface area contributed by atoms with Crippen LogP contribution in [0.5, 0.6) is 34.5 Å². The second-order valence-corrected chi connectivity index (χ2v) is 6.41. The number of carbonyl (C=O) groups is 1. The lowest BCUT2D eigenvalue weighted by atomic mass is 9.83. The summed E-state index contributed by atoms with van der Waals surface area (Å²) in [5.74, 6) is -1.41. The van der Waals surface area contributed by atoms with E-state index in [-0.39, 0.29) is 53.3 Å². The Morgan fingerprint density at radius 2 is 1.55 bits per heavy atom. The lowest BCUT2D eigenvalue weighted by Gasteiger charge is -2.21. The molecule has 9 nitrogen and oxygen atoms in total. The number of aromatic hydroxyl groups is 2. The molecule has 0 saturated heterocycles. The van der Waals surface area contributed by atoms with E-state index in [0.717, 1.165) is 0 Å². The van der Waals surface area contributed by atoms with Crippen LogP contribution in [0.1, 0.15) is 17.0 Å². The van der Waals surface area contributed by atoms with Crippen molar-refractivity contribution in [2.24, 2.45) is 0 Å². The van der Waals surface area contributed by atoms with E-state index < -0.39 is 11.9 Å². The topological polar surface area (TPSA) is 124 Å². The van der Waals surface area contributed by atoms with Crippen LogP contribution >= 0.6 is 0 Å². The summed E-state index contributed by atoms with van der Waals surface area (Å²) in [5, 5.41) is 31.2. The summed E-state index contributed by atoms with van der Waals surface area (Å²) < 4.78 is 26.0. The Labute approximate surface area is 165 Å². The van der Waals surface area contributed by atoms with Crippen LogP contribution in [0.15, 0.2) is 35.6 Å². The summed E-state index contributed by atoms with van der Waals surface area (Å²) in [4.78, 5) is 12.4. The standard InChI is InChI=1S/C20H18O9/c1-25-15-3-9(4-16(26-2)19(15)23)17(18-12(22)7-27-20(18)24)10-5-13-14(6-11(10)21)29-8-28-13/h3-6,17,21-23H,7-8H2,1-2H3/t17-/m1/s1. The van der Waals surface area contributed by atoms with Crippen LogP contribution < -0.4 is 18.9 Å². The fourth-order valence-corrected chi connectivity index (χ4v) is 3.45. The van der Waals surface area contributed by atoms with Crippen LogP contribution in [-0.4, -0.2) is 48.9 Å². The molecule has 2 aromatic carbocycles. The van der Waals surface area contributed by atoms with Gasteiger partial charge in [0.2, 0.25) is 12.5 Å². The number of carbonyl (C=O) groups excluding carboxylic acids is 1. The van der Waals surface area contributed by atoms with Gasteiger partial charge in [0, 0.05) is 17.5 Å². The molecule has 0 saturated carbocycles. The SMILES string of the molecule is COc1cc([C@@H](C2=C(O)COC2=O)c2cc3c(cc2O)OCO3)cc(OC)c1O. The van der Waals surface area contributed by atoms with Crippen LogP contribution in [0.25, 0.3) is 0 Å². The van der Waals surface area contributed by atoms with Gasteiger partial charge in [-0.25, -0.2) is 4.79 Å². The predicted octanol–water partition coefficient (Wildman–Crippen LogP) is 2.34. The van der Waals surface area contributed by atoms with Crippen molar-refractivity contribution >= 4 is 5.97 Å². The number of phenols is 2. The molecular formula is C20H18O9. The van der Waals surface area contributed by atoms with Gasteiger partial charge >= 0.3 is 5.97 Å². The van der Waals surface area contributed by atoms with Crippen molar-refractivity contribution in [1.82, 2.24) is 0 Å². The number of phenolic OH excluding ortho intramolecular Hbond substituents is 2. The number of benzene rings is 2. The minimum Gasteiger partial charge on any atom is -0.508 e. The van der Waals surface area contributed by atoms with Crippen molar-refractivity contribution in [3.05, 3.63) is 46.7 Å². The number of hydrogen-bond donors (Lipinski definition) is 3. The summed E-state index contributed by atoms with van der Waals surface area (Å²) >= 11 is 0. The second kappa shape index (κ2) is 7.01. The average Bonchev–Trinajstić information content (AvgIpc) is 3.29. The molecule has 2 aliphatic rings. The lowest BCUT2D eigenvalue weighted by Crippen LogP contribution is -2.13. The molecule has 0 aliphatic carbocycles. The van der Waals surface area contributed by atoms with E-state index in [9.17, 15) is 20.1 Å². The van der Waals surface area contributed by atoms with E-state index in [2.05, 4.69) is 0 Å². The molecule has 0 radical (unpaired) electrons. The summed E-state index contributed by atoms with van der Waals surface area (Å²) in [5.41, 5.74) is 0.629. The number of hydrogen-bond acceptors (Lipinski definition) is 9. The fourth-order valence-electron chi connectivity index (χ4n) is 3.45. The Balaban J connectivity index is 1.97. The molecule has 152 valence electrons. The summed E-state index contributed by atoms with van der Waals surface area (Å²) in [6.07, 6.45) is 0. The van der Waals surface area contributed by atoms with Gasteiger partial charge in [0.05, 0.1) is 19.8 Å². The van der Waals surface area contributed by atoms with Gasteiger partial charge in [0.1, 0.15) is 18.1 Å². The highest BCUT2D eigenvalue weighted by atomic mass is 16.7. The van der Waals surface area contributed by atoms with Gasteiger partial charge in [-0.2, -0.15) is 0 Å². The first-order valence-electron chi connectivity index (χ1n) is 8.61. The Bertz CT molecular complexity index is 1000. The Kier molecular flexibility index (Phi) is 4.50. The molecule has 9 heteroatoms. The summed E-state index contributed by atoms with van der Waals surface area (Å²) in [6, 6.07) is 5.87. The third-order valence-electron chi connectivity index (χ3n) is 4.83. The van der Waals surface area contributed by atoms with Gasteiger partial charge in [0.25, 0.3) is 0 Å². The highest BCUT2D eigenvalue weighted by molar-refractivity contribution is 5.94. The Morgan fingerprint density at radius 3 is 2.10 bits per heavy atom. The van der Waals surface area contributed by atoms with E-state index in [0.29, 0.717) is 17.1 Å². The monoisotopic (exact) mass is 402 g/mol. The zero-order valence-corrected chi connectivity index (χ0v) is 15.6. The molecule has 0 aromatic heterocycles. The number of rotatable bonds is 5. The van der Waals surface area contributed by atoms with Gasteiger partial charge in [-0.15, -0.1) is 0 Å². The molecule has 0 fully saturated rings. The average molecular weight is 402 g/mol. The molecule has 2 heterocycles. The minimum absolute atomic E-state index is 0.000261. The maximum atomic E-state index is 12.4. The third kappa shape index (κ3) is 3.00. The van der Waals surface area contributed by atoms with E-state index in [1.807, 2.05) is 0 Å². The molecule has 0 amide bonds. The minimum atomic E-state index is -0.956. The van der Waals surface area contributed by atoms with Crippen LogP contribution in [-0.2, 0) is 9.53 Å². The largest absolute Gasteiger partial charge is 0.508 e. The van der Waals surface area contributed by atoms with Crippen molar-refractivity contribution in [2.45, 2.75) is 5.92 Å². The van der Waals surface area contributed by atoms with Crippen molar-refractivity contribution in [2.75, 3.05) is 27.6 Å². The maximum Gasteiger partial charge on any atom is 0.338 e. The molecule has 0 unspecified atom stereocenters. The third-order valence-corrected chi connectivity index (χ3v) is 4.83. The van der Waals surface area contributed by atoms with Crippen LogP contribution in [0.4, 0.5) is 0 Å². The molecule has 29 heavy (non-hydrogen) atoms. The van der Waals surface area contributed by atoms with Crippen molar-refractivity contribution in [3.8, 4) is 34.5 Å². The highest BCUT2D eigenvalue weighted by Crippen LogP contribution is 2.48. The number of aliphatic hydroxyl groups excluding tert-OH is 1.